The molecule has 0 saturated carbocycles. The Kier molecular flexibility index (Phi) is 4.22. The Labute approximate surface area is 130 Å². The molecule has 3 rings (SSSR count). The van der Waals surface area contributed by atoms with Gasteiger partial charge in [0.2, 0.25) is 5.89 Å². The molecule has 0 saturated heterocycles. The molecule has 0 bridgehead atoms. The first-order valence-corrected chi connectivity index (χ1v) is 7.54. The smallest absolute Gasteiger partial charge is 0.277 e. The van der Waals surface area contributed by atoms with E-state index in [1.54, 1.807) is 18.2 Å². The van der Waals surface area contributed by atoms with Crippen molar-refractivity contribution in [3.63, 3.8) is 0 Å². The van der Waals surface area contributed by atoms with Gasteiger partial charge in [-0.2, -0.15) is 0 Å². The number of halogens is 2. The van der Waals surface area contributed by atoms with Crippen LogP contribution >= 0.6 is 23.4 Å². The second-order valence-electron chi connectivity index (χ2n) is 4.27. The summed E-state index contributed by atoms with van der Waals surface area (Å²) in [4.78, 5) is 0. The fourth-order valence-corrected chi connectivity index (χ4v) is 2.67. The lowest BCUT2D eigenvalue weighted by Gasteiger charge is -1.98. The van der Waals surface area contributed by atoms with E-state index in [0.717, 1.165) is 5.56 Å². The van der Waals surface area contributed by atoms with Crippen LogP contribution in [0.1, 0.15) is 5.56 Å². The Balaban J connectivity index is 1.71. The van der Waals surface area contributed by atoms with Crippen molar-refractivity contribution >= 4 is 23.4 Å². The normalized spacial score (nSPS) is 10.8. The van der Waals surface area contributed by atoms with Gasteiger partial charge >= 0.3 is 0 Å². The lowest BCUT2D eigenvalue weighted by Crippen LogP contribution is -1.81. The highest BCUT2D eigenvalue weighted by Crippen LogP contribution is 2.29. The molecule has 0 N–H and O–H groups in total. The van der Waals surface area contributed by atoms with Crippen LogP contribution in [0.5, 0.6) is 0 Å². The molecular formula is C15H10ClFN2OS. The molecule has 0 fully saturated rings. The molecule has 2 aromatic carbocycles. The molecule has 0 aliphatic rings. The maximum atomic E-state index is 12.8. The van der Waals surface area contributed by atoms with Crippen molar-refractivity contribution in [2.45, 2.75) is 11.0 Å². The molecule has 0 atom stereocenters. The van der Waals surface area contributed by atoms with Crippen LogP contribution in [-0.2, 0) is 5.75 Å². The molecule has 21 heavy (non-hydrogen) atoms. The lowest BCUT2D eigenvalue weighted by atomic mass is 10.2. The van der Waals surface area contributed by atoms with Crippen LogP contribution < -0.4 is 0 Å². The second-order valence-corrected chi connectivity index (χ2v) is 5.60. The number of hydrogen-bond donors (Lipinski definition) is 0. The molecule has 0 aliphatic carbocycles. The van der Waals surface area contributed by atoms with Crippen LogP contribution in [0.4, 0.5) is 4.39 Å². The van der Waals surface area contributed by atoms with Crippen molar-refractivity contribution < 1.29 is 8.81 Å². The van der Waals surface area contributed by atoms with Gasteiger partial charge in [-0.05, 0) is 29.8 Å². The predicted molar refractivity (Wildman–Crippen MR) is 80.7 cm³/mol. The van der Waals surface area contributed by atoms with Crippen LogP contribution in [-0.4, -0.2) is 10.2 Å². The number of rotatable bonds is 4. The number of benzene rings is 2. The fourth-order valence-electron chi connectivity index (χ4n) is 1.74. The highest BCUT2D eigenvalue weighted by molar-refractivity contribution is 7.98. The summed E-state index contributed by atoms with van der Waals surface area (Å²) < 4.78 is 18.4. The Morgan fingerprint density at radius 2 is 1.81 bits per heavy atom. The number of nitrogens with zero attached hydrogens (tertiary/aromatic N) is 2. The molecule has 1 aromatic heterocycles. The van der Waals surface area contributed by atoms with Crippen LogP contribution in [0.15, 0.2) is 58.2 Å². The zero-order valence-corrected chi connectivity index (χ0v) is 12.4. The SMILES string of the molecule is Fc1ccc(CSc2nnc(-c3ccccc3Cl)o2)cc1. The van der Waals surface area contributed by atoms with E-state index < -0.39 is 0 Å². The van der Waals surface area contributed by atoms with E-state index in [-0.39, 0.29) is 5.82 Å². The second kappa shape index (κ2) is 6.28. The average molecular weight is 321 g/mol. The van der Waals surface area contributed by atoms with Gasteiger partial charge in [-0.25, -0.2) is 4.39 Å². The van der Waals surface area contributed by atoms with Crippen molar-refractivity contribution in [1.82, 2.24) is 10.2 Å². The van der Waals surface area contributed by atoms with E-state index in [0.29, 0.717) is 27.5 Å². The van der Waals surface area contributed by atoms with Gasteiger partial charge in [0.15, 0.2) is 0 Å². The summed E-state index contributed by atoms with van der Waals surface area (Å²) in [7, 11) is 0. The average Bonchev–Trinajstić information content (AvgIpc) is 2.96. The van der Waals surface area contributed by atoms with E-state index in [1.165, 1.54) is 23.9 Å². The van der Waals surface area contributed by atoms with Crippen LogP contribution in [0, 0.1) is 5.82 Å². The first-order chi connectivity index (χ1) is 10.2. The van der Waals surface area contributed by atoms with E-state index in [9.17, 15) is 4.39 Å². The first kappa shape index (κ1) is 14.1. The third-order valence-corrected chi connectivity index (χ3v) is 4.01. The molecule has 0 radical (unpaired) electrons. The molecule has 106 valence electrons. The number of hydrogen-bond acceptors (Lipinski definition) is 4. The number of thioether (sulfide) groups is 1. The Bertz CT molecular complexity index is 745. The Hall–Kier alpha value is -1.85. The van der Waals surface area contributed by atoms with Gasteiger partial charge in [0.05, 0.1) is 10.6 Å². The molecule has 1 heterocycles. The van der Waals surface area contributed by atoms with Crippen LogP contribution in [0.2, 0.25) is 5.02 Å². The molecule has 0 aliphatic heterocycles. The summed E-state index contributed by atoms with van der Waals surface area (Å²) >= 11 is 7.48. The maximum Gasteiger partial charge on any atom is 0.277 e. The van der Waals surface area contributed by atoms with Gasteiger partial charge in [0.25, 0.3) is 5.22 Å². The zero-order chi connectivity index (χ0) is 14.7. The van der Waals surface area contributed by atoms with E-state index >= 15 is 0 Å². The van der Waals surface area contributed by atoms with Crippen molar-refractivity contribution in [3.8, 4) is 11.5 Å². The summed E-state index contributed by atoms with van der Waals surface area (Å²) in [5, 5.41) is 8.99. The quantitative estimate of drug-likeness (QED) is 0.646. The van der Waals surface area contributed by atoms with Crippen molar-refractivity contribution in [3.05, 3.63) is 64.9 Å². The van der Waals surface area contributed by atoms with Gasteiger partial charge in [-0.1, -0.05) is 47.6 Å². The van der Waals surface area contributed by atoms with Gasteiger partial charge in [0.1, 0.15) is 5.82 Å². The van der Waals surface area contributed by atoms with Crippen molar-refractivity contribution in [2.75, 3.05) is 0 Å². The molecule has 0 unspecified atom stereocenters. The van der Waals surface area contributed by atoms with E-state index in [1.807, 2.05) is 18.2 Å². The van der Waals surface area contributed by atoms with E-state index in [4.69, 9.17) is 16.0 Å². The third kappa shape index (κ3) is 3.43. The van der Waals surface area contributed by atoms with Gasteiger partial charge in [-0.3, -0.25) is 0 Å². The third-order valence-electron chi connectivity index (χ3n) is 2.79. The minimum Gasteiger partial charge on any atom is -0.411 e. The zero-order valence-electron chi connectivity index (χ0n) is 10.8. The van der Waals surface area contributed by atoms with Crippen molar-refractivity contribution in [2.24, 2.45) is 0 Å². The van der Waals surface area contributed by atoms with Crippen LogP contribution in [0.25, 0.3) is 11.5 Å². The molecule has 3 nitrogen and oxygen atoms in total. The maximum absolute atomic E-state index is 12.8. The monoisotopic (exact) mass is 320 g/mol. The Morgan fingerprint density at radius 3 is 2.57 bits per heavy atom. The van der Waals surface area contributed by atoms with Gasteiger partial charge in [0, 0.05) is 5.75 Å². The summed E-state index contributed by atoms with van der Waals surface area (Å²) in [5.41, 5.74) is 1.69. The van der Waals surface area contributed by atoms with E-state index in [2.05, 4.69) is 10.2 Å². The molecular weight excluding hydrogens is 311 g/mol. The first-order valence-electron chi connectivity index (χ1n) is 6.18. The topological polar surface area (TPSA) is 38.9 Å². The van der Waals surface area contributed by atoms with Crippen LogP contribution in [0.3, 0.4) is 0 Å². The summed E-state index contributed by atoms with van der Waals surface area (Å²) in [6.07, 6.45) is 0. The molecule has 0 spiro atoms. The van der Waals surface area contributed by atoms with Crippen molar-refractivity contribution in [1.29, 1.82) is 0 Å². The lowest BCUT2D eigenvalue weighted by molar-refractivity contribution is 0.466. The summed E-state index contributed by atoms with van der Waals surface area (Å²) in [6, 6.07) is 13.6. The number of aromatic nitrogens is 2. The summed E-state index contributed by atoms with van der Waals surface area (Å²) in [6.45, 7) is 0. The predicted octanol–water partition coefficient (Wildman–Crippen LogP) is 4.82. The molecule has 3 aromatic rings. The fraction of sp³-hybridized carbons (Fsp3) is 0.0667. The molecule has 6 heteroatoms. The Morgan fingerprint density at radius 1 is 1.05 bits per heavy atom. The highest BCUT2D eigenvalue weighted by atomic mass is 35.5. The molecule has 0 amide bonds. The largest absolute Gasteiger partial charge is 0.411 e. The van der Waals surface area contributed by atoms with Gasteiger partial charge < -0.3 is 4.42 Å². The van der Waals surface area contributed by atoms with Gasteiger partial charge in [-0.15, -0.1) is 10.2 Å². The summed E-state index contributed by atoms with van der Waals surface area (Å²) in [5.74, 6) is 0.773. The standard InChI is InChI=1S/C15H10ClFN2OS/c16-13-4-2-1-3-12(13)14-18-19-15(20-14)21-9-10-5-7-11(17)8-6-10/h1-8H,9H2. The minimum atomic E-state index is -0.248. The minimum absolute atomic E-state index is 0.248. The highest BCUT2D eigenvalue weighted by Gasteiger charge is 2.11.